The Morgan fingerprint density at radius 3 is 2.38 bits per heavy atom. The molecule has 5 rings (SSSR count). The topological polar surface area (TPSA) is 89.8 Å². The molecule has 0 radical (unpaired) electrons. The fourth-order valence-electron chi connectivity index (χ4n) is 4.95. The van der Waals surface area contributed by atoms with Gasteiger partial charge in [-0.2, -0.15) is 18.3 Å². The fourth-order valence-corrected chi connectivity index (χ4v) is 5.60. The van der Waals surface area contributed by atoms with Gasteiger partial charge in [-0.3, -0.25) is 0 Å². The van der Waals surface area contributed by atoms with Gasteiger partial charge in [0.15, 0.2) is 6.29 Å². The summed E-state index contributed by atoms with van der Waals surface area (Å²) in [6.45, 7) is 1.92. The van der Waals surface area contributed by atoms with Gasteiger partial charge in [0.2, 0.25) is 10.1 Å². The maximum Gasteiger partial charge on any atom is 0.445 e. The molecule has 0 amide bonds. The van der Waals surface area contributed by atoms with E-state index in [1.165, 1.54) is 4.68 Å². The van der Waals surface area contributed by atoms with Gasteiger partial charge >= 0.3 is 6.18 Å². The predicted molar refractivity (Wildman–Crippen MR) is 126 cm³/mol. The molecule has 13 heteroatoms. The van der Waals surface area contributed by atoms with E-state index in [9.17, 15) is 13.2 Å². The Kier molecular flexibility index (Phi) is 7.35. The van der Waals surface area contributed by atoms with Crippen molar-refractivity contribution in [3.05, 3.63) is 46.6 Å². The van der Waals surface area contributed by atoms with Crippen LogP contribution in [0.1, 0.15) is 23.1 Å². The third-order valence-electron chi connectivity index (χ3n) is 6.71. The van der Waals surface area contributed by atoms with E-state index in [1.54, 1.807) is 33.6 Å². The smallest absolute Gasteiger partial charge is 0.376 e. The molecule has 37 heavy (non-hydrogen) atoms. The average Bonchev–Trinajstić information content (AvgIpc) is 3.61. The number of alkyl halides is 3. The zero-order chi connectivity index (χ0) is 26.3. The number of hydrogen-bond acceptors (Lipinski definition) is 9. The number of aromatic nitrogens is 4. The van der Waals surface area contributed by atoms with Crippen molar-refractivity contribution in [1.29, 1.82) is 0 Å². The molecular weight excluding hydrogens is 513 g/mol. The number of hydrogen-bond donors (Lipinski definition) is 0. The Morgan fingerprint density at radius 1 is 0.973 bits per heavy atom. The molecule has 6 atom stereocenters. The zero-order valence-electron chi connectivity index (χ0n) is 20.6. The maximum absolute atomic E-state index is 12.9. The van der Waals surface area contributed by atoms with E-state index in [0.717, 1.165) is 16.7 Å². The minimum absolute atomic E-state index is 0.0488. The van der Waals surface area contributed by atoms with Crippen molar-refractivity contribution in [2.45, 2.75) is 62.8 Å². The molecule has 0 saturated carbocycles. The van der Waals surface area contributed by atoms with Crippen LogP contribution >= 0.6 is 11.3 Å². The Morgan fingerprint density at radius 2 is 1.70 bits per heavy atom. The van der Waals surface area contributed by atoms with Gasteiger partial charge in [-0.15, -0.1) is 10.2 Å². The van der Waals surface area contributed by atoms with E-state index in [4.69, 9.17) is 23.7 Å². The standard InChI is InChI=1S/C24H27F3N4O5S/c1-12-18(32-2)19(33-3)20(34-4)21(35-12)36-16-10-13-5-6-14(9-15(13)11-16)17-7-8-31(30-17)23-29-28-22(37-23)24(25,26)27/h5-9,12,16,18-21H,10-11H2,1-4H3/t12-,16?,18-,19-,20-,21-/m0/s1. The van der Waals surface area contributed by atoms with Gasteiger partial charge in [-0.05, 0) is 43.0 Å². The molecule has 3 aromatic rings. The number of nitrogens with zero attached hydrogens (tertiary/aromatic N) is 4. The van der Waals surface area contributed by atoms with Gasteiger partial charge in [-0.25, -0.2) is 4.68 Å². The molecular formula is C24H27F3N4O5S. The maximum atomic E-state index is 12.9. The molecule has 1 saturated heterocycles. The third-order valence-corrected chi connectivity index (χ3v) is 7.67. The van der Waals surface area contributed by atoms with Crippen molar-refractivity contribution >= 4 is 11.3 Å². The predicted octanol–water partition coefficient (Wildman–Crippen LogP) is 3.68. The lowest BCUT2D eigenvalue weighted by Crippen LogP contribution is -2.59. The second kappa shape index (κ2) is 10.4. The second-order valence-corrected chi connectivity index (χ2v) is 9.95. The minimum atomic E-state index is -4.54. The first-order valence-electron chi connectivity index (χ1n) is 11.7. The van der Waals surface area contributed by atoms with Crippen LogP contribution in [0.15, 0.2) is 30.5 Å². The summed E-state index contributed by atoms with van der Waals surface area (Å²) in [6, 6.07) is 7.73. The van der Waals surface area contributed by atoms with Crippen LogP contribution in [0.2, 0.25) is 0 Å². The second-order valence-electron chi connectivity index (χ2n) is 8.99. The zero-order valence-corrected chi connectivity index (χ0v) is 21.5. The van der Waals surface area contributed by atoms with Crippen molar-refractivity contribution < 1.29 is 36.9 Å². The van der Waals surface area contributed by atoms with E-state index in [2.05, 4.69) is 15.3 Å². The van der Waals surface area contributed by atoms with Gasteiger partial charge in [0, 0.05) is 33.1 Å². The number of methoxy groups -OCH3 is 3. The summed E-state index contributed by atoms with van der Waals surface area (Å²) in [5, 5.41) is 10.3. The van der Waals surface area contributed by atoms with E-state index < -0.39 is 23.6 Å². The number of ether oxygens (including phenoxy) is 5. The van der Waals surface area contributed by atoms with Crippen LogP contribution in [0.3, 0.4) is 0 Å². The molecule has 2 aromatic heterocycles. The van der Waals surface area contributed by atoms with Crippen LogP contribution < -0.4 is 0 Å². The molecule has 1 aromatic carbocycles. The van der Waals surface area contributed by atoms with E-state index in [-0.39, 0.29) is 29.5 Å². The molecule has 9 nitrogen and oxygen atoms in total. The molecule has 1 aliphatic heterocycles. The summed E-state index contributed by atoms with van der Waals surface area (Å²) in [4.78, 5) is 0. The van der Waals surface area contributed by atoms with Crippen LogP contribution in [0, 0.1) is 0 Å². The third kappa shape index (κ3) is 5.16. The molecule has 0 N–H and O–H groups in total. The Hall–Kier alpha value is -2.42. The van der Waals surface area contributed by atoms with Crippen LogP contribution in [-0.2, 0) is 42.7 Å². The Balaban J connectivity index is 1.28. The Labute approximate surface area is 215 Å². The largest absolute Gasteiger partial charge is 0.445 e. The lowest BCUT2D eigenvalue weighted by atomic mass is 9.99. The first kappa shape index (κ1) is 26.2. The highest BCUT2D eigenvalue weighted by atomic mass is 32.1. The van der Waals surface area contributed by atoms with Crippen molar-refractivity contribution in [1.82, 2.24) is 20.0 Å². The molecule has 3 heterocycles. The van der Waals surface area contributed by atoms with E-state index in [1.807, 2.05) is 25.1 Å². The molecule has 0 bridgehead atoms. The summed E-state index contributed by atoms with van der Waals surface area (Å²) in [5.74, 6) is 0. The van der Waals surface area contributed by atoms with Gasteiger partial charge in [-0.1, -0.05) is 23.5 Å². The number of halogens is 3. The SMILES string of the molecule is CO[C@@H]1[C@H](OC)[C@H](OC2Cc3ccc(-c4ccn(-c5nnc(C(F)(F)F)s5)n4)cc3C2)O[C@@H](C)[C@@H]1OC. The highest BCUT2D eigenvalue weighted by molar-refractivity contribution is 7.13. The van der Waals surface area contributed by atoms with Gasteiger partial charge in [0.1, 0.15) is 18.3 Å². The van der Waals surface area contributed by atoms with Crippen molar-refractivity contribution in [2.24, 2.45) is 0 Å². The van der Waals surface area contributed by atoms with E-state index >= 15 is 0 Å². The Bertz CT molecular complexity index is 1240. The van der Waals surface area contributed by atoms with Crippen molar-refractivity contribution in [2.75, 3.05) is 21.3 Å². The molecule has 200 valence electrons. The van der Waals surface area contributed by atoms with Crippen molar-refractivity contribution in [3.8, 4) is 16.4 Å². The number of rotatable bonds is 7. The van der Waals surface area contributed by atoms with Crippen LogP contribution in [0.4, 0.5) is 13.2 Å². The average molecular weight is 541 g/mol. The quantitative estimate of drug-likeness (QED) is 0.449. The number of benzene rings is 1. The first-order chi connectivity index (χ1) is 17.7. The molecule has 2 aliphatic rings. The summed E-state index contributed by atoms with van der Waals surface area (Å²) in [5.41, 5.74) is 3.73. The monoisotopic (exact) mass is 540 g/mol. The fraction of sp³-hybridized carbons (Fsp3) is 0.542. The summed E-state index contributed by atoms with van der Waals surface area (Å²) < 4.78 is 69.3. The number of fused-ring (bicyclic) bond motifs is 1. The minimum Gasteiger partial charge on any atom is -0.376 e. The summed E-state index contributed by atoms with van der Waals surface area (Å²) in [6.07, 6.45) is -3.62. The molecule has 1 aliphatic carbocycles. The molecule has 1 fully saturated rings. The van der Waals surface area contributed by atoms with Gasteiger partial charge in [0.05, 0.1) is 17.9 Å². The first-order valence-corrected chi connectivity index (χ1v) is 12.5. The van der Waals surface area contributed by atoms with Gasteiger partial charge < -0.3 is 23.7 Å². The highest BCUT2D eigenvalue weighted by Gasteiger charge is 2.47. The van der Waals surface area contributed by atoms with Crippen LogP contribution in [0.25, 0.3) is 16.4 Å². The normalized spacial score (nSPS) is 28.0. The summed E-state index contributed by atoms with van der Waals surface area (Å²) >= 11 is 0.441. The van der Waals surface area contributed by atoms with Crippen molar-refractivity contribution in [3.63, 3.8) is 0 Å². The lowest BCUT2D eigenvalue weighted by molar-refractivity contribution is -0.314. The lowest BCUT2D eigenvalue weighted by Gasteiger charge is -2.44. The molecule has 1 unspecified atom stereocenters. The van der Waals surface area contributed by atoms with E-state index in [0.29, 0.717) is 29.9 Å². The van der Waals surface area contributed by atoms with Gasteiger partial charge in [0.25, 0.3) is 0 Å². The van der Waals surface area contributed by atoms with Crippen LogP contribution in [0.5, 0.6) is 0 Å². The summed E-state index contributed by atoms with van der Waals surface area (Å²) in [7, 11) is 4.83. The van der Waals surface area contributed by atoms with Crippen LogP contribution in [-0.4, -0.2) is 78.1 Å². The molecule has 0 spiro atoms. The highest BCUT2D eigenvalue weighted by Crippen LogP contribution is 2.35.